The third-order valence-electron chi connectivity index (χ3n) is 5.63. The lowest BCUT2D eigenvalue weighted by atomic mass is 9.87. The molecule has 0 saturated carbocycles. The third kappa shape index (κ3) is 5.46. The lowest BCUT2D eigenvalue weighted by Crippen LogP contribution is -2.42. The number of aliphatic imine (C=N–C) groups is 1. The van der Waals surface area contributed by atoms with Gasteiger partial charge in [0.25, 0.3) is 0 Å². The normalized spacial score (nSPS) is 28.9. The number of halogens is 1. The first-order chi connectivity index (χ1) is 11.3. The molecule has 3 heterocycles. The fraction of sp³-hybridized carbons (Fsp3) is 0.944. The Kier molecular flexibility index (Phi) is 8.57. The molecule has 3 saturated heterocycles. The minimum Gasteiger partial charge on any atom is -0.381 e. The Hall–Kier alpha value is -0.0800. The van der Waals surface area contributed by atoms with E-state index in [9.17, 15) is 0 Å². The predicted molar refractivity (Wildman–Crippen MR) is 110 cm³/mol. The molecule has 3 aliphatic heterocycles. The average molecular weight is 450 g/mol. The summed E-state index contributed by atoms with van der Waals surface area (Å²) < 4.78 is 5.65. The summed E-state index contributed by atoms with van der Waals surface area (Å²) in [6.07, 6.45) is 8.00. The van der Waals surface area contributed by atoms with Crippen LogP contribution in [0.25, 0.3) is 0 Å². The summed E-state index contributed by atoms with van der Waals surface area (Å²) in [6.45, 7) is 11.8. The van der Waals surface area contributed by atoms with E-state index < -0.39 is 0 Å². The van der Waals surface area contributed by atoms with Gasteiger partial charge < -0.3 is 19.9 Å². The van der Waals surface area contributed by atoms with Crippen LogP contribution in [0.3, 0.4) is 0 Å². The quantitative estimate of drug-likeness (QED) is 0.406. The Morgan fingerprint density at radius 1 is 1.12 bits per heavy atom. The Bertz CT molecular complexity index is 390. The second-order valence-corrected chi connectivity index (χ2v) is 7.47. The number of nitrogens with one attached hydrogen (secondary N) is 1. The molecule has 0 radical (unpaired) electrons. The summed E-state index contributed by atoms with van der Waals surface area (Å²) in [6, 6.07) is 0. The first kappa shape index (κ1) is 20.2. The Morgan fingerprint density at radius 2 is 1.92 bits per heavy atom. The van der Waals surface area contributed by atoms with Gasteiger partial charge >= 0.3 is 0 Å². The van der Waals surface area contributed by atoms with Crippen LogP contribution in [-0.4, -0.2) is 74.8 Å². The molecule has 1 N–H and O–H groups in total. The summed E-state index contributed by atoms with van der Waals surface area (Å²) in [4.78, 5) is 9.98. The van der Waals surface area contributed by atoms with Gasteiger partial charge in [0, 0.05) is 38.2 Å². The standard InChI is InChI=1S/C18H34N4O.HI/c1-2-19-17(20-9-13-21-10-5-3-4-6-11-21)22-12-7-18(15-22)8-14-23-16-18;/h2-16H2,1H3,(H,19,20);1H. The van der Waals surface area contributed by atoms with E-state index in [1.165, 1.54) is 51.6 Å². The van der Waals surface area contributed by atoms with E-state index >= 15 is 0 Å². The topological polar surface area (TPSA) is 40.1 Å². The van der Waals surface area contributed by atoms with Crippen LogP contribution >= 0.6 is 24.0 Å². The van der Waals surface area contributed by atoms with Gasteiger partial charge in [0.1, 0.15) is 0 Å². The fourth-order valence-corrected chi connectivity index (χ4v) is 4.17. The second-order valence-electron chi connectivity index (χ2n) is 7.47. The molecule has 5 nitrogen and oxygen atoms in total. The molecule has 1 atom stereocenters. The van der Waals surface area contributed by atoms with Gasteiger partial charge in [0.15, 0.2) is 5.96 Å². The van der Waals surface area contributed by atoms with Gasteiger partial charge in [-0.25, -0.2) is 0 Å². The van der Waals surface area contributed by atoms with Crippen LogP contribution in [-0.2, 0) is 4.74 Å². The van der Waals surface area contributed by atoms with Crippen LogP contribution in [0.5, 0.6) is 0 Å². The van der Waals surface area contributed by atoms with Crippen molar-refractivity contribution in [3.8, 4) is 0 Å². The highest BCUT2D eigenvalue weighted by atomic mass is 127. The van der Waals surface area contributed by atoms with Crippen molar-refractivity contribution in [2.75, 3.05) is 59.0 Å². The van der Waals surface area contributed by atoms with E-state index in [1.54, 1.807) is 0 Å². The lowest BCUT2D eigenvalue weighted by Gasteiger charge is -2.25. The van der Waals surface area contributed by atoms with Gasteiger partial charge in [-0.05, 0) is 45.7 Å². The predicted octanol–water partition coefficient (Wildman–Crippen LogP) is 2.56. The number of likely N-dealkylation sites (tertiary alicyclic amines) is 2. The molecular weight excluding hydrogens is 415 g/mol. The molecule has 6 heteroatoms. The van der Waals surface area contributed by atoms with Gasteiger partial charge in [0.2, 0.25) is 0 Å². The van der Waals surface area contributed by atoms with Gasteiger partial charge in [0.05, 0.1) is 13.2 Å². The van der Waals surface area contributed by atoms with E-state index in [2.05, 4.69) is 22.0 Å². The van der Waals surface area contributed by atoms with Crippen molar-refractivity contribution < 1.29 is 4.74 Å². The van der Waals surface area contributed by atoms with Gasteiger partial charge in [-0.2, -0.15) is 0 Å². The SMILES string of the molecule is CCNC(=NCCN1CCCCCC1)N1CCC2(CCOC2)C1.I. The van der Waals surface area contributed by atoms with E-state index in [-0.39, 0.29) is 24.0 Å². The highest BCUT2D eigenvalue weighted by Crippen LogP contribution is 2.38. The molecule has 0 aromatic heterocycles. The number of hydrogen-bond donors (Lipinski definition) is 1. The highest BCUT2D eigenvalue weighted by molar-refractivity contribution is 14.0. The first-order valence-corrected chi connectivity index (χ1v) is 9.65. The van der Waals surface area contributed by atoms with Gasteiger partial charge in [-0.1, -0.05) is 12.8 Å². The first-order valence-electron chi connectivity index (χ1n) is 9.65. The molecule has 0 aromatic rings. The minimum absolute atomic E-state index is 0. The van der Waals surface area contributed by atoms with Crippen molar-refractivity contribution in [2.24, 2.45) is 10.4 Å². The van der Waals surface area contributed by atoms with Crippen LogP contribution < -0.4 is 5.32 Å². The van der Waals surface area contributed by atoms with Crippen LogP contribution in [0.2, 0.25) is 0 Å². The average Bonchev–Trinajstić information content (AvgIpc) is 3.11. The van der Waals surface area contributed by atoms with Crippen molar-refractivity contribution >= 4 is 29.9 Å². The maximum absolute atomic E-state index is 5.65. The molecule has 140 valence electrons. The molecule has 0 aliphatic carbocycles. The monoisotopic (exact) mass is 450 g/mol. The fourth-order valence-electron chi connectivity index (χ4n) is 4.17. The zero-order valence-corrected chi connectivity index (χ0v) is 17.6. The largest absolute Gasteiger partial charge is 0.381 e. The maximum atomic E-state index is 5.65. The summed E-state index contributed by atoms with van der Waals surface area (Å²) in [5.74, 6) is 1.12. The second kappa shape index (κ2) is 10.2. The smallest absolute Gasteiger partial charge is 0.193 e. The maximum Gasteiger partial charge on any atom is 0.193 e. The van der Waals surface area contributed by atoms with Crippen molar-refractivity contribution in [1.29, 1.82) is 0 Å². The third-order valence-corrected chi connectivity index (χ3v) is 5.63. The number of nitrogens with zero attached hydrogens (tertiary/aromatic N) is 3. The Morgan fingerprint density at radius 3 is 2.58 bits per heavy atom. The lowest BCUT2D eigenvalue weighted by molar-refractivity contribution is 0.156. The van der Waals surface area contributed by atoms with Crippen molar-refractivity contribution in [2.45, 2.75) is 45.4 Å². The van der Waals surface area contributed by atoms with Crippen LogP contribution in [0.4, 0.5) is 0 Å². The molecule has 0 aromatic carbocycles. The summed E-state index contributed by atoms with van der Waals surface area (Å²) >= 11 is 0. The molecule has 1 unspecified atom stereocenters. The number of guanidine groups is 1. The zero-order valence-electron chi connectivity index (χ0n) is 15.3. The number of hydrogen-bond acceptors (Lipinski definition) is 3. The van der Waals surface area contributed by atoms with E-state index in [0.717, 1.165) is 51.9 Å². The van der Waals surface area contributed by atoms with E-state index in [1.807, 2.05) is 0 Å². The van der Waals surface area contributed by atoms with E-state index in [0.29, 0.717) is 5.41 Å². The molecule has 24 heavy (non-hydrogen) atoms. The van der Waals surface area contributed by atoms with Crippen LogP contribution in [0.1, 0.15) is 45.4 Å². The van der Waals surface area contributed by atoms with Crippen molar-refractivity contribution in [1.82, 2.24) is 15.1 Å². The molecule has 1 spiro atoms. The minimum atomic E-state index is 0. The summed E-state index contributed by atoms with van der Waals surface area (Å²) in [5, 5.41) is 3.50. The molecule has 0 amide bonds. The van der Waals surface area contributed by atoms with Gasteiger partial charge in [-0.3, -0.25) is 4.99 Å². The van der Waals surface area contributed by atoms with Crippen molar-refractivity contribution in [3.63, 3.8) is 0 Å². The highest BCUT2D eigenvalue weighted by Gasteiger charge is 2.42. The zero-order chi connectivity index (χ0) is 16.0. The Balaban J connectivity index is 0.00000208. The molecule has 3 aliphatic rings. The summed E-state index contributed by atoms with van der Waals surface area (Å²) in [5.41, 5.74) is 0.404. The molecule has 0 bridgehead atoms. The summed E-state index contributed by atoms with van der Waals surface area (Å²) in [7, 11) is 0. The van der Waals surface area contributed by atoms with Crippen molar-refractivity contribution in [3.05, 3.63) is 0 Å². The Labute approximate surface area is 164 Å². The van der Waals surface area contributed by atoms with Gasteiger partial charge in [-0.15, -0.1) is 24.0 Å². The molecular formula is C18H35IN4O. The molecule has 3 fully saturated rings. The number of ether oxygens (including phenoxy) is 1. The van der Waals surface area contributed by atoms with Crippen LogP contribution in [0.15, 0.2) is 4.99 Å². The van der Waals surface area contributed by atoms with E-state index in [4.69, 9.17) is 9.73 Å². The number of rotatable bonds is 4. The molecule has 3 rings (SSSR count). The van der Waals surface area contributed by atoms with Crippen LogP contribution in [0, 0.1) is 5.41 Å².